The van der Waals surface area contributed by atoms with E-state index in [1.54, 1.807) is 29.2 Å². The van der Waals surface area contributed by atoms with Crippen LogP contribution in [0.2, 0.25) is 0 Å². The second kappa shape index (κ2) is 7.25. The highest BCUT2D eigenvalue weighted by atomic mass is 19.1. The number of hydrogen-bond acceptors (Lipinski definition) is 3. The Labute approximate surface area is 145 Å². The fourth-order valence-corrected chi connectivity index (χ4v) is 2.72. The van der Waals surface area contributed by atoms with Crippen molar-refractivity contribution in [3.63, 3.8) is 0 Å². The van der Waals surface area contributed by atoms with Gasteiger partial charge in [-0.05, 0) is 43.7 Å². The third-order valence-corrected chi connectivity index (χ3v) is 4.04. The molecule has 0 fully saturated rings. The smallest absolute Gasteiger partial charge is 0.224 e. The summed E-state index contributed by atoms with van der Waals surface area (Å²) in [7, 11) is 0. The van der Waals surface area contributed by atoms with E-state index in [0.29, 0.717) is 0 Å². The minimum atomic E-state index is -0.310. The number of aromatic nitrogens is 3. The van der Waals surface area contributed by atoms with Crippen molar-refractivity contribution in [3.05, 3.63) is 77.5 Å². The predicted octanol–water partition coefficient (Wildman–Crippen LogP) is 3.13. The first-order valence-electron chi connectivity index (χ1n) is 8.04. The number of amides is 1. The molecule has 3 aromatic rings. The Morgan fingerprint density at radius 3 is 2.68 bits per heavy atom. The van der Waals surface area contributed by atoms with Gasteiger partial charge in [0.25, 0.3) is 0 Å². The number of nitrogens with zero attached hydrogens (tertiary/aromatic N) is 3. The second-order valence-corrected chi connectivity index (χ2v) is 5.88. The summed E-state index contributed by atoms with van der Waals surface area (Å²) in [4.78, 5) is 16.5. The van der Waals surface area contributed by atoms with Gasteiger partial charge in [-0.2, -0.15) is 5.10 Å². The molecule has 1 atom stereocenters. The minimum absolute atomic E-state index is 0.121. The number of hydrogen-bond donors (Lipinski definition) is 1. The van der Waals surface area contributed by atoms with Crippen molar-refractivity contribution in [2.24, 2.45) is 0 Å². The molecule has 0 aliphatic carbocycles. The van der Waals surface area contributed by atoms with Gasteiger partial charge in [-0.25, -0.2) is 14.1 Å². The van der Waals surface area contributed by atoms with Crippen LogP contribution in [0, 0.1) is 12.7 Å². The van der Waals surface area contributed by atoms with Crippen LogP contribution in [0.15, 0.2) is 54.9 Å². The van der Waals surface area contributed by atoms with E-state index in [9.17, 15) is 9.18 Å². The number of rotatable bonds is 5. The highest BCUT2D eigenvalue weighted by Crippen LogP contribution is 2.19. The molecule has 3 rings (SSSR count). The minimum Gasteiger partial charge on any atom is -0.349 e. The average molecular weight is 338 g/mol. The molecule has 0 aliphatic heterocycles. The third-order valence-electron chi connectivity index (χ3n) is 4.04. The zero-order chi connectivity index (χ0) is 17.8. The van der Waals surface area contributed by atoms with Crippen molar-refractivity contribution in [2.75, 3.05) is 0 Å². The Morgan fingerprint density at radius 2 is 2.00 bits per heavy atom. The molecule has 128 valence electrons. The van der Waals surface area contributed by atoms with E-state index >= 15 is 0 Å². The van der Waals surface area contributed by atoms with Crippen LogP contribution >= 0.6 is 0 Å². The van der Waals surface area contributed by atoms with E-state index in [-0.39, 0.29) is 24.2 Å². The van der Waals surface area contributed by atoms with E-state index in [1.165, 1.54) is 12.1 Å². The lowest BCUT2D eigenvalue weighted by atomic mass is 10.1. The van der Waals surface area contributed by atoms with E-state index < -0.39 is 0 Å². The molecule has 2 heterocycles. The van der Waals surface area contributed by atoms with Crippen molar-refractivity contribution >= 4 is 5.91 Å². The quantitative estimate of drug-likeness (QED) is 0.777. The van der Waals surface area contributed by atoms with Gasteiger partial charge in [-0.15, -0.1) is 0 Å². The number of pyridine rings is 1. The molecule has 1 amide bonds. The molecule has 2 aromatic heterocycles. The van der Waals surface area contributed by atoms with Gasteiger partial charge in [0.15, 0.2) is 5.82 Å². The highest BCUT2D eigenvalue weighted by Gasteiger charge is 2.16. The van der Waals surface area contributed by atoms with E-state index in [1.807, 2.05) is 32.0 Å². The molecule has 5 nitrogen and oxygen atoms in total. The number of carbonyl (C=O) groups is 1. The summed E-state index contributed by atoms with van der Waals surface area (Å²) in [5, 5.41) is 7.33. The van der Waals surface area contributed by atoms with Crippen LogP contribution in [0.5, 0.6) is 0 Å². The van der Waals surface area contributed by atoms with Gasteiger partial charge in [0.1, 0.15) is 5.82 Å². The fraction of sp³-hybridized carbons (Fsp3) is 0.211. The maximum atomic E-state index is 12.9. The molecule has 0 spiro atoms. The van der Waals surface area contributed by atoms with Crippen LogP contribution in [0.4, 0.5) is 4.39 Å². The zero-order valence-electron chi connectivity index (χ0n) is 14.1. The van der Waals surface area contributed by atoms with Crippen molar-refractivity contribution in [2.45, 2.75) is 26.3 Å². The average Bonchev–Trinajstić information content (AvgIpc) is 2.99. The van der Waals surface area contributed by atoms with E-state index in [4.69, 9.17) is 0 Å². The molecule has 0 unspecified atom stereocenters. The van der Waals surface area contributed by atoms with Crippen LogP contribution in [-0.4, -0.2) is 20.7 Å². The largest absolute Gasteiger partial charge is 0.349 e. The summed E-state index contributed by atoms with van der Waals surface area (Å²) in [5.74, 6) is 0.301. The summed E-state index contributed by atoms with van der Waals surface area (Å²) < 4.78 is 14.7. The Morgan fingerprint density at radius 1 is 1.24 bits per heavy atom. The molecular weight excluding hydrogens is 319 g/mol. The van der Waals surface area contributed by atoms with Gasteiger partial charge in [0.2, 0.25) is 5.91 Å². The third kappa shape index (κ3) is 3.91. The molecular formula is C19H19FN4O. The normalized spacial score (nSPS) is 12.0. The monoisotopic (exact) mass is 338 g/mol. The van der Waals surface area contributed by atoms with Gasteiger partial charge in [-0.1, -0.05) is 18.2 Å². The van der Waals surface area contributed by atoms with E-state index in [2.05, 4.69) is 15.4 Å². The first kappa shape index (κ1) is 16.8. The summed E-state index contributed by atoms with van der Waals surface area (Å²) in [6.07, 6.45) is 3.66. The van der Waals surface area contributed by atoms with Crippen molar-refractivity contribution in [1.82, 2.24) is 20.1 Å². The molecule has 0 bridgehead atoms. The standard InChI is InChI=1S/C19H19FN4O/c1-13(23-19(25)11-15-6-8-16(20)9-7-15)17-12-22-24(14(17)2)18-5-3-4-10-21-18/h3-10,12-13H,11H2,1-2H3,(H,23,25)/t13-/m0/s1. The van der Waals surface area contributed by atoms with Crippen molar-refractivity contribution in [1.29, 1.82) is 0 Å². The molecule has 1 aromatic carbocycles. The lowest BCUT2D eigenvalue weighted by Crippen LogP contribution is -2.28. The molecule has 0 aliphatic rings. The maximum Gasteiger partial charge on any atom is 0.224 e. The summed E-state index contributed by atoms with van der Waals surface area (Å²) in [5.41, 5.74) is 2.62. The Kier molecular flexibility index (Phi) is 4.88. The van der Waals surface area contributed by atoms with Gasteiger partial charge in [-0.3, -0.25) is 4.79 Å². The second-order valence-electron chi connectivity index (χ2n) is 5.88. The number of benzene rings is 1. The van der Waals surface area contributed by atoms with Gasteiger partial charge < -0.3 is 5.32 Å². The molecule has 0 radical (unpaired) electrons. The number of nitrogens with one attached hydrogen (secondary N) is 1. The topological polar surface area (TPSA) is 59.8 Å². The zero-order valence-corrected chi connectivity index (χ0v) is 14.1. The van der Waals surface area contributed by atoms with Crippen LogP contribution in [0.25, 0.3) is 5.82 Å². The highest BCUT2D eigenvalue weighted by molar-refractivity contribution is 5.79. The lowest BCUT2D eigenvalue weighted by molar-refractivity contribution is -0.121. The fourth-order valence-electron chi connectivity index (χ4n) is 2.72. The Balaban J connectivity index is 1.69. The van der Waals surface area contributed by atoms with Crippen LogP contribution in [0.1, 0.15) is 29.8 Å². The van der Waals surface area contributed by atoms with Crippen LogP contribution < -0.4 is 5.32 Å². The van der Waals surface area contributed by atoms with Gasteiger partial charge in [0, 0.05) is 17.5 Å². The predicted molar refractivity (Wildman–Crippen MR) is 92.8 cm³/mol. The van der Waals surface area contributed by atoms with Crippen LogP contribution in [0.3, 0.4) is 0 Å². The molecule has 0 saturated heterocycles. The maximum absolute atomic E-state index is 12.9. The van der Waals surface area contributed by atoms with E-state index in [0.717, 1.165) is 22.6 Å². The number of carbonyl (C=O) groups excluding carboxylic acids is 1. The van der Waals surface area contributed by atoms with Gasteiger partial charge >= 0.3 is 0 Å². The Bertz CT molecular complexity index is 859. The first-order valence-corrected chi connectivity index (χ1v) is 8.04. The SMILES string of the molecule is Cc1c([C@H](C)NC(=O)Cc2ccc(F)cc2)cnn1-c1ccccn1. The molecule has 0 saturated carbocycles. The number of halogens is 1. The molecule has 25 heavy (non-hydrogen) atoms. The molecule has 1 N–H and O–H groups in total. The van der Waals surface area contributed by atoms with Crippen molar-refractivity contribution < 1.29 is 9.18 Å². The summed E-state index contributed by atoms with van der Waals surface area (Å²) in [6, 6.07) is 11.4. The summed E-state index contributed by atoms with van der Waals surface area (Å²) in [6.45, 7) is 3.86. The Hall–Kier alpha value is -3.02. The summed E-state index contributed by atoms with van der Waals surface area (Å²) >= 11 is 0. The van der Waals surface area contributed by atoms with Gasteiger partial charge in [0.05, 0.1) is 18.7 Å². The molecule has 6 heteroatoms. The first-order chi connectivity index (χ1) is 12.0. The lowest BCUT2D eigenvalue weighted by Gasteiger charge is -2.14. The van der Waals surface area contributed by atoms with Crippen LogP contribution in [-0.2, 0) is 11.2 Å². The van der Waals surface area contributed by atoms with Crippen molar-refractivity contribution in [3.8, 4) is 5.82 Å².